The van der Waals surface area contributed by atoms with Crippen molar-refractivity contribution in [2.45, 2.75) is 33.2 Å². The fourth-order valence-corrected chi connectivity index (χ4v) is 2.48. The third kappa shape index (κ3) is 3.50. The highest BCUT2D eigenvalue weighted by Crippen LogP contribution is 2.31. The zero-order valence-electron chi connectivity index (χ0n) is 11.6. The summed E-state index contributed by atoms with van der Waals surface area (Å²) in [5.41, 5.74) is 0.434. The normalized spacial score (nSPS) is 20.0. The predicted molar refractivity (Wildman–Crippen MR) is 73.3 cm³/mol. The van der Waals surface area contributed by atoms with Gasteiger partial charge in [0.15, 0.2) is 0 Å². The minimum absolute atomic E-state index is 0.0897. The van der Waals surface area contributed by atoms with E-state index in [1.54, 1.807) is 6.20 Å². The summed E-state index contributed by atoms with van der Waals surface area (Å²) in [6.45, 7) is 6.48. The predicted octanol–water partition coefficient (Wildman–Crippen LogP) is 1.12. The minimum Gasteiger partial charge on any atom is -0.350 e. The number of hydrogen-bond acceptors (Lipinski definition) is 4. The highest BCUT2D eigenvalue weighted by molar-refractivity contribution is 5.82. The first-order chi connectivity index (χ1) is 9.10. The van der Waals surface area contributed by atoms with Crippen molar-refractivity contribution in [1.82, 2.24) is 20.8 Å². The Bertz CT molecular complexity index is 413. The van der Waals surface area contributed by atoms with Crippen LogP contribution in [0.3, 0.4) is 0 Å². The summed E-state index contributed by atoms with van der Waals surface area (Å²) in [5.74, 6) is 0.481. The van der Waals surface area contributed by atoms with Crippen molar-refractivity contribution in [1.29, 1.82) is 0 Å². The standard InChI is InChI=1S/C14H22N4O/c1-14(2,11-5-3-7-15-9-11)13(19)16-10-12-6-4-8-17-18-12/h4,6,8,11,15H,3,5,7,9-10H2,1-2H3,(H,16,19). The maximum Gasteiger partial charge on any atom is 0.226 e. The number of aromatic nitrogens is 2. The van der Waals surface area contributed by atoms with Crippen molar-refractivity contribution in [3.05, 3.63) is 24.0 Å². The van der Waals surface area contributed by atoms with E-state index in [-0.39, 0.29) is 11.3 Å². The van der Waals surface area contributed by atoms with Gasteiger partial charge < -0.3 is 10.6 Å². The maximum absolute atomic E-state index is 12.4. The lowest BCUT2D eigenvalue weighted by Crippen LogP contribution is -2.47. The van der Waals surface area contributed by atoms with Crippen LogP contribution in [0.25, 0.3) is 0 Å². The Hall–Kier alpha value is -1.49. The number of hydrogen-bond donors (Lipinski definition) is 2. The second-order valence-electron chi connectivity index (χ2n) is 5.66. The molecule has 19 heavy (non-hydrogen) atoms. The molecule has 1 aliphatic rings. The van der Waals surface area contributed by atoms with Gasteiger partial charge in [-0.1, -0.05) is 13.8 Å². The molecule has 0 spiro atoms. The molecule has 0 saturated carbocycles. The van der Waals surface area contributed by atoms with E-state index < -0.39 is 0 Å². The molecular formula is C14H22N4O. The molecule has 2 rings (SSSR count). The van der Waals surface area contributed by atoms with E-state index in [1.165, 1.54) is 0 Å². The number of amides is 1. The lowest BCUT2D eigenvalue weighted by Gasteiger charge is -2.36. The second-order valence-corrected chi connectivity index (χ2v) is 5.66. The van der Waals surface area contributed by atoms with Gasteiger partial charge in [0.25, 0.3) is 0 Å². The summed E-state index contributed by atoms with van der Waals surface area (Å²) in [5, 5.41) is 14.1. The molecule has 104 valence electrons. The smallest absolute Gasteiger partial charge is 0.226 e. The summed E-state index contributed by atoms with van der Waals surface area (Å²) in [6.07, 6.45) is 3.88. The molecule has 1 saturated heterocycles. The zero-order valence-corrected chi connectivity index (χ0v) is 11.6. The van der Waals surface area contributed by atoms with Crippen molar-refractivity contribution in [3.8, 4) is 0 Å². The molecule has 0 aliphatic carbocycles. The van der Waals surface area contributed by atoms with Gasteiger partial charge in [0, 0.05) is 11.6 Å². The zero-order chi connectivity index (χ0) is 13.7. The second kappa shape index (κ2) is 6.10. The molecule has 2 N–H and O–H groups in total. The van der Waals surface area contributed by atoms with E-state index in [0.717, 1.165) is 31.6 Å². The SMILES string of the molecule is CC(C)(C(=O)NCc1cccnn1)C1CCCNC1. The van der Waals surface area contributed by atoms with Gasteiger partial charge in [-0.15, -0.1) is 0 Å². The third-order valence-corrected chi connectivity index (χ3v) is 3.96. The summed E-state index contributed by atoms with van der Waals surface area (Å²) < 4.78 is 0. The summed E-state index contributed by atoms with van der Waals surface area (Å²) in [4.78, 5) is 12.4. The minimum atomic E-state index is -0.352. The topological polar surface area (TPSA) is 66.9 Å². The lowest BCUT2D eigenvalue weighted by atomic mass is 9.74. The summed E-state index contributed by atoms with van der Waals surface area (Å²) in [7, 11) is 0. The molecule has 2 heterocycles. The van der Waals surface area contributed by atoms with E-state index in [0.29, 0.717) is 12.5 Å². The molecule has 1 aromatic heterocycles. The Balaban J connectivity index is 1.90. The van der Waals surface area contributed by atoms with Gasteiger partial charge in [-0.2, -0.15) is 10.2 Å². The number of carbonyl (C=O) groups is 1. The van der Waals surface area contributed by atoms with Crippen molar-refractivity contribution in [3.63, 3.8) is 0 Å². The van der Waals surface area contributed by atoms with Gasteiger partial charge in [0.05, 0.1) is 12.2 Å². The maximum atomic E-state index is 12.4. The molecule has 1 amide bonds. The van der Waals surface area contributed by atoms with Crippen LogP contribution < -0.4 is 10.6 Å². The van der Waals surface area contributed by atoms with Crippen LogP contribution in [-0.2, 0) is 11.3 Å². The number of carbonyl (C=O) groups excluding carboxylic acids is 1. The van der Waals surface area contributed by atoms with Gasteiger partial charge in [-0.25, -0.2) is 0 Å². The Morgan fingerprint density at radius 3 is 3.05 bits per heavy atom. The van der Waals surface area contributed by atoms with Crippen molar-refractivity contribution in [2.24, 2.45) is 11.3 Å². The fraction of sp³-hybridized carbons (Fsp3) is 0.643. The average molecular weight is 262 g/mol. The Labute approximate surface area is 114 Å². The number of rotatable bonds is 4. The van der Waals surface area contributed by atoms with Crippen molar-refractivity contribution in [2.75, 3.05) is 13.1 Å². The van der Waals surface area contributed by atoms with Gasteiger partial charge in [-0.05, 0) is 44.0 Å². The number of piperidine rings is 1. The summed E-state index contributed by atoms with van der Waals surface area (Å²) >= 11 is 0. The molecule has 1 aliphatic heterocycles. The molecule has 1 fully saturated rings. The Kier molecular flexibility index (Phi) is 4.47. The fourth-order valence-electron chi connectivity index (χ4n) is 2.48. The molecule has 5 heteroatoms. The van der Waals surface area contributed by atoms with Gasteiger partial charge in [0.2, 0.25) is 5.91 Å². The van der Waals surface area contributed by atoms with E-state index in [1.807, 2.05) is 26.0 Å². The van der Waals surface area contributed by atoms with Crippen LogP contribution in [0.1, 0.15) is 32.4 Å². The molecule has 5 nitrogen and oxygen atoms in total. The molecule has 1 aromatic rings. The van der Waals surface area contributed by atoms with E-state index in [4.69, 9.17) is 0 Å². The Morgan fingerprint density at radius 1 is 1.58 bits per heavy atom. The first-order valence-electron chi connectivity index (χ1n) is 6.86. The van der Waals surface area contributed by atoms with Crippen molar-refractivity contribution < 1.29 is 4.79 Å². The highest BCUT2D eigenvalue weighted by Gasteiger charge is 2.36. The lowest BCUT2D eigenvalue weighted by molar-refractivity contribution is -0.132. The third-order valence-electron chi connectivity index (χ3n) is 3.96. The van der Waals surface area contributed by atoms with Crippen LogP contribution in [0, 0.1) is 11.3 Å². The quantitative estimate of drug-likeness (QED) is 0.853. The van der Waals surface area contributed by atoms with E-state index in [9.17, 15) is 4.79 Å². The van der Waals surface area contributed by atoms with Crippen LogP contribution in [0.4, 0.5) is 0 Å². The van der Waals surface area contributed by atoms with Gasteiger partial charge >= 0.3 is 0 Å². The van der Waals surface area contributed by atoms with Crippen LogP contribution in [0.2, 0.25) is 0 Å². The highest BCUT2D eigenvalue weighted by atomic mass is 16.2. The molecule has 1 unspecified atom stereocenters. The van der Waals surface area contributed by atoms with Crippen molar-refractivity contribution >= 4 is 5.91 Å². The first kappa shape index (κ1) is 13.9. The Morgan fingerprint density at radius 2 is 2.42 bits per heavy atom. The molecule has 0 aromatic carbocycles. The monoisotopic (exact) mass is 262 g/mol. The van der Waals surface area contributed by atoms with Gasteiger partial charge in [-0.3, -0.25) is 4.79 Å². The van der Waals surface area contributed by atoms with E-state index >= 15 is 0 Å². The van der Waals surface area contributed by atoms with E-state index in [2.05, 4.69) is 20.8 Å². The largest absolute Gasteiger partial charge is 0.350 e. The molecule has 1 atom stereocenters. The first-order valence-corrected chi connectivity index (χ1v) is 6.86. The van der Waals surface area contributed by atoms with Crippen LogP contribution in [0.5, 0.6) is 0 Å². The number of nitrogens with zero attached hydrogens (tertiary/aromatic N) is 2. The van der Waals surface area contributed by atoms with Crippen LogP contribution in [0.15, 0.2) is 18.3 Å². The van der Waals surface area contributed by atoms with Crippen LogP contribution in [-0.4, -0.2) is 29.2 Å². The average Bonchev–Trinajstić information content (AvgIpc) is 2.46. The molecule has 0 bridgehead atoms. The molecular weight excluding hydrogens is 240 g/mol. The number of nitrogens with one attached hydrogen (secondary N) is 2. The molecule has 0 radical (unpaired) electrons. The van der Waals surface area contributed by atoms with Gasteiger partial charge in [0.1, 0.15) is 0 Å². The summed E-state index contributed by atoms with van der Waals surface area (Å²) in [6, 6.07) is 3.69. The van der Waals surface area contributed by atoms with Crippen LogP contribution >= 0.6 is 0 Å².